The van der Waals surface area contributed by atoms with E-state index < -0.39 is 0 Å². The highest BCUT2D eigenvalue weighted by atomic mass is 35.5. The van der Waals surface area contributed by atoms with Crippen LogP contribution in [0.5, 0.6) is 0 Å². The zero-order chi connectivity index (χ0) is 27.2. The van der Waals surface area contributed by atoms with E-state index in [9.17, 15) is 4.79 Å². The number of ether oxygens (including phenoxy) is 1. The van der Waals surface area contributed by atoms with Gasteiger partial charge in [-0.05, 0) is 50.8 Å². The number of rotatable bonds is 7. The molecule has 4 fully saturated rings. The molecule has 2 saturated heterocycles. The molecule has 7 rings (SSSR count). The van der Waals surface area contributed by atoms with Gasteiger partial charge < -0.3 is 19.6 Å². The molecule has 3 aromatic rings. The Morgan fingerprint density at radius 3 is 1.92 bits per heavy atom. The molecule has 0 radical (unpaired) electrons. The van der Waals surface area contributed by atoms with Gasteiger partial charge in [-0.1, -0.05) is 29.3 Å². The first-order chi connectivity index (χ1) is 18.8. The zero-order valence-corrected chi connectivity index (χ0v) is 23.5. The van der Waals surface area contributed by atoms with Crippen LogP contribution in [-0.4, -0.2) is 63.6 Å². The van der Waals surface area contributed by atoms with Crippen molar-refractivity contribution in [3.05, 3.63) is 63.7 Å². The van der Waals surface area contributed by atoms with E-state index in [1.807, 2.05) is 24.3 Å². The monoisotopic (exact) mass is 570 g/mol. The number of carbonyl (C=O) groups excluding carboxylic acids is 1. The van der Waals surface area contributed by atoms with E-state index in [4.69, 9.17) is 33.0 Å². The summed E-state index contributed by atoms with van der Waals surface area (Å²) in [5, 5.41) is 14.1. The van der Waals surface area contributed by atoms with Crippen LogP contribution in [0.1, 0.15) is 54.1 Å². The summed E-state index contributed by atoms with van der Waals surface area (Å²) in [5.41, 5.74) is 3.23. The average molecular weight is 572 g/mol. The number of nitrogens with zero attached hydrogens (tertiary/aromatic N) is 6. The van der Waals surface area contributed by atoms with Gasteiger partial charge in [-0.15, -0.1) is 0 Å². The fourth-order valence-corrected chi connectivity index (χ4v) is 5.70. The van der Waals surface area contributed by atoms with Gasteiger partial charge in [-0.3, -0.25) is 4.68 Å². The number of aliphatic hydroxyl groups excluding tert-OH is 1. The van der Waals surface area contributed by atoms with Crippen LogP contribution in [0.15, 0.2) is 36.7 Å². The second kappa shape index (κ2) is 10.3. The molecule has 2 saturated carbocycles. The predicted molar refractivity (Wildman–Crippen MR) is 149 cm³/mol. The third-order valence-corrected chi connectivity index (χ3v) is 8.79. The molecule has 0 aromatic carbocycles. The molecule has 206 valence electrons. The lowest BCUT2D eigenvalue weighted by atomic mass is 9.97. The summed E-state index contributed by atoms with van der Waals surface area (Å²) >= 11 is 12.3. The van der Waals surface area contributed by atoms with Gasteiger partial charge in [0, 0.05) is 54.3 Å². The summed E-state index contributed by atoms with van der Waals surface area (Å²) in [6.07, 6.45) is 8.59. The number of halogens is 2. The summed E-state index contributed by atoms with van der Waals surface area (Å²) in [6.45, 7) is 6.97. The van der Waals surface area contributed by atoms with Crippen molar-refractivity contribution in [2.45, 2.75) is 45.8 Å². The molecule has 2 aliphatic carbocycles. The topological polar surface area (TPSA) is 96.6 Å². The Hall–Kier alpha value is -2.88. The Morgan fingerprint density at radius 2 is 1.46 bits per heavy atom. The van der Waals surface area contributed by atoms with Crippen LogP contribution in [0.4, 0.5) is 11.6 Å². The zero-order valence-electron chi connectivity index (χ0n) is 21.9. The third-order valence-electron chi connectivity index (χ3n) is 8.14. The van der Waals surface area contributed by atoms with Crippen molar-refractivity contribution in [1.82, 2.24) is 19.7 Å². The highest BCUT2D eigenvalue weighted by Gasteiger charge is 2.53. The second-order valence-electron chi connectivity index (χ2n) is 11.3. The first-order valence-corrected chi connectivity index (χ1v) is 14.2. The Bertz CT molecular complexity index is 1370. The first-order valence-electron chi connectivity index (χ1n) is 13.4. The summed E-state index contributed by atoms with van der Waals surface area (Å²) < 4.78 is 6.63. The smallest absolute Gasteiger partial charge is 0.341 e. The van der Waals surface area contributed by atoms with Crippen LogP contribution < -0.4 is 9.80 Å². The minimum absolute atomic E-state index is 0.0456. The lowest BCUT2D eigenvalue weighted by Gasteiger charge is -2.41. The molecule has 0 bridgehead atoms. The van der Waals surface area contributed by atoms with E-state index in [1.165, 1.54) is 31.9 Å². The van der Waals surface area contributed by atoms with Gasteiger partial charge in [0.15, 0.2) is 0 Å². The highest BCUT2D eigenvalue weighted by Crippen LogP contribution is 2.54. The minimum Gasteiger partial charge on any atom is -0.462 e. The maximum atomic E-state index is 11.7. The molecular weight excluding hydrogens is 539 g/mol. The van der Waals surface area contributed by atoms with Crippen molar-refractivity contribution in [1.29, 1.82) is 0 Å². The number of carbonyl (C=O) groups is 1. The number of esters is 1. The summed E-state index contributed by atoms with van der Waals surface area (Å²) in [6, 6.07) is 7.77. The van der Waals surface area contributed by atoms with Crippen molar-refractivity contribution >= 4 is 40.8 Å². The van der Waals surface area contributed by atoms with Gasteiger partial charge >= 0.3 is 5.97 Å². The van der Waals surface area contributed by atoms with Gasteiger partial charge in [0.1, 0.15) is 21.9 Å². The van der Waals surface area contributed by atoms with Crippen LogP contribution in [0.2, 0.25) is 10.3 Å². The van der Waals surface area contributed by atoms with E-state index in [1.54, 1.807) is 17.8 Å². The van der Waals surface area contributed by atoms with Gasteiger partial charge in [0.05, 0.1) is 31.5 Å². The molecule has 39 heavy (non-hydrogen) atoms. The Labute approximate surface area is 237 Å². The van der Waals surface area contributed by atoms with E-state index in [0.717, 1.165) is 43.4 Å². The molecule has 0 amide bonds. The number of hydrogen-bond donors (Lipinski definition) is 1. The fourth-order valence-electron chi connectivity index (χ4n) is 5.28. The average Bonchev–Trinajstić information content (AvgIpc) is 3.80. The SMILES string of the molecule is CCOC(=O)c1cnn(Cc2ccc(N3CC4(CC4)C3)nc2Cl)c1.OCc1ccc(N2CC3(CC3)C2)nc1Cl. The quantitative estimate of drug-likeness (QED) is 0.325. The van der Waals surface area contributed by atoms with Crippen molar-refractivity contribution in [2.24, 2.45) is 10.8 Å². The summed E-state index contributed by atoms with van der Waals surface area (Å²) in [4.78, 5) is 25.0. The number of hydrogen-bond acceptors (Lipinski definition) is 8. The van der Waals surface area contributed by atoms with Crippen LogP contribution in [0.3, 0.4) is 0 Å². The Morgan fingerprint density at radius 1 is 0.923 bits per heavy atom. The lowest BCUT2D eigenvalue weighted by Crippen LogP contribution is -2.48. The van der Waals surface area contributed by atoms with E-state index in [0.29, 0.717) is 45.4 Å². The lowest BCUT2D eigenvalue weighted by molar-refractivity contribution is 0.0526. The van der Waals surface area contributed by atoms with Gasteiger partial charge in [-0.25, -0.2) is 14.8 Å². The minimum atomic E-state index is -0.366. The summed E-state index contributed by atoms with van der Waals surface area (Å²) in [5.74, 6) is 1.51. The first kappa shape index (κ1) is 26.3. The highest BCUT2D eigenvalue weighted by molar-refractivity contribution is 6.30. The van der Waals surface area contributed by atoms with E-state index in [2.05, 4.69) is 24.9 Å². The number of aliphatic hydroxyl groups is 1. The van der Waals surface area contributed by atoms with Crippen LogP contribution >= 0.6 is 23.2 Å². The molecule has 4 aliphatic rings. The molecule has 2 spiro atoms. The van der Waals surface area contributed by atoms with Crippen LogP contribution in [0, 0.1) is 10.8 Å². The second-order valence-corrected chi connectivity index (χ2v) is 12.0. The molecule has 0 atom stereocenters. The molecular formula is C28H32Cl2N6O3. The number of anilines is 2. The number of aromatic nitrogens is 4. The largest absolute Gasteiger partial charge is 0.462 e. The van der Waals surface area contributed by atoms with Crippen molar-refractivity contribution < 1.29 is 14.6 Å². The van der Waals surface area contributed by atoms with Crippen molar-refractivity contribution in [2.75, 3.05) is 42.6 Å². The van der Waals surface area contributed by atoms with Gasteiger partial charge in [-0.2, -0.15) is 5.10 Å². The van der Waals surface area contributed by atoms with Crippen LogP contribution in [-0.2, 0) is 17.9 Å². The molecule has 3 aromatic heterocycles. The predicted octanol–water partition coefficient (Wildman–Crippen LogP) is 4.58. The van der Waals surface area contributed by atoms with Crippen molar-refractivity contribution in [3.63, 3.8) is 0 Å². The molecule has 0 unspecified atom stereocenters. The fraction of sp³-hybridized carbons (Fsp3) is 0.500. The molecule has 1 N–H and O–H groups in total. The molecule has 5 heterocycles. The van der Waals surface area contributed by atoms with E-state index in [-0.39, 0.29) is 12.6 Å². The normalized spacial score (nSPS) is 19.2. The molecule has 9 nitrogen and oxygen atoms in total. The van der Waals surface area contributed by atoms with Gasteiger partial charge in [0.2, 0.25) is 0 Å². The van der Waals surface area contributed by atoms with Gasteiger partial charge in [0.25, 0.3) is 0 Å². The van der Waals surface area contributed by atoms with Crippen LogP contribution in [0.25, 0.3) is 0 Å². The third kappa shape index (κ3) is 5.58. The summed E-state index contributed by atoms with van der Waals surface area (Å²) in [7, 11) is 0. The van der Waals surface area contributed by atoms with Crippen molar-refractivity contribution in [3.8, 4) is 0 Å². The number of pyridine rings is 2. The Kier molecular flexibility index (Phi) is 6.93. The maximum absolute atomic E-state index is 11.7. The maximum Gasteiger partial charge on any atom is 0.341 e. The molecule has 11 heteroatoms. The van der Waals surface area contributed by atoms with E-state index >= 15 is 0 Å². The molecule has 2 aliphatic heterocycles. The Balaban J connectivity index is 0.000000158. The standard InChI is InChI=1S/C17H19ClN4O2.C11H13ClN2O/c1-2-24-16(23)13-7-19-22(9-13)8-12-3-4-14(20-15(12)18)21-10-17(11-21)5-6-17;12-10-8(5-15)1-2-9(13-10)14-6-11(7-14)3-4-11/h3-4,7,9H,2,5-6,8,10-11H2,1H3;1-2,15H,3-7H2.